The van der Waals surface area contributed by atoms with Crippen molar-refractivity contribution in [3.63, 3.8) is 0 Å². The van der Waals surface area contributed by atoms with Gasteiger partial charge in [0.15, 0.2) is 0 Å². The first-order valence-corrected chi connectivity index (χ1v) is 7.24. The lowest BCUT2D eigenvalue weighted by Gasteiger charge is -2.11. The first-order chi connectivity index (χ1) is 9.65. The minimum absolute atomic E-state index is 0.689. The van der Waals surface area contributed by atoms with E-state index < -0.39 is 0 Å². The molecule has 0 aliphatic carbocycles. The lowest BCUT2D eigenvalue weighted by molar-refractivity contribution is 1.24. The topological polar surface area (TPSA) is 37.8 Å². The maximum absolute atomic E-state index is 6.19. The molecule has 2 aromatic heterocycles. The maximum Gasteiger partial charge on any atom is 0.144 e. The molecule has 20 heavy (non-hydrogen) atoms. The molecule has 100 valence electrons. The Hall–Kier alpha value is -1.65. The van der Waals surface area contributed by atoms with Crippen LogP contribution in [0.25, 0.3) is 10.9 Å². The number of aryl methyl sites for hydroxylation is 1. The van der Waals surface area contributed by atoms with E-state index in [0.29, 0.717) is 5.02 Å². The number of halogens is 2. The molecule has 3 rings (SSSR count). The number of hydrogen-bond donors (Lipinski definition) is 1. The predicted molar refractivity (Wildman–Crippen MR) is 86.7 cm³/mol. The summed E-state index contributed by atoms with van der Waals surface area (Å²) < 4.78 is 0.913. The number of benzene rings is 1. The van der Waals surface area contributed by atoms with Crippen LogP contribution in [0.3, 0.4) is 0 Å². The van der Waals surface area contributed by atoms with Crippen LogP contribution >= 0.6 is 27.5 Å². The molecule has 0 radical (unpaired) electrons. The summed E-state index contributed by atoms with van der Waals surface area (Å²) in [5.41, 5.74) is 2.80. The van der Waals surface area contributed by atoms with E-state index >= 15 is 0 Å². The monoisotopic (exact) mass is 347 g/mol. The first kappa shape index (κ1) is 13.3. The molecule has 0 amide bonds. The minimum Gasteiger partial charge on any atom is -0.338 e. The van der Waals surface area contributed by atoms with Gasteiger partial charge in [-0.1, -0.05) is 11.6 Å². The second kappa shape index (κ2) is 5.38. The van der Waals surface area contributed by atoms with Crippen LogP contribution in [0.4, 0.5) is 11.5 Å². The molecule has 1 aromatic carbocycles. The Morgan fingerprint density at radius 2 is 2.05 bits per heavy atom. The van der Waals surface area contributed by atoms with Gasteiger partial charge in [0.05, 0.1) is 20.7 Å². The van der Waals surface area contributed by atoms with Crippen LogP contribution in [0.2, 0.25) is 5.02 Å². The second-order valence-corrected chi connectivity index (χ2v) is 5.72. The Labute approximate surface area is 130 Å². The van der Waals surface area contributed by atoms with Crippen molar-refractivity contribution < 1.29 is 0 Å². The SMILES string of the molecule is Cc1cnc(Nc2ccc(Cl)c3cccnc23)c(Br)c1. The van der Waals surface area contributed by atoms with Gasteiger partial charge >= 0.3 is 0 Å². The van der Waals surface area contributed by atoms with E-state index in [4.69, 9.17) is 11.6 Å². The quantitative estimate of drug-likeness (QED) is 0.700. The zero-order valence-electron chi connectivity index (χ0n) is 10.7. The fraction of sp³-hybridized carbons (Fsp3) is 0.0667. The van der Waals surface area contributed by atoms with Crippen molar-refractivity contribution in [3.05, 3.63) is 57.8 Å². The Balaban J connectivity index is 2.09. The molecule has 5 heteroatoms. The summed E-state index contributed by atoms with van der Waals surface area (Å²) in [5, 5.41) is 4.90. The number of aromatic nitrogens is 2. The van der Waals surface area contributed by atoms with Gasteiger partial charge in [0, 0.05) is 17.8 Å². The Bertz CT molecular complexity index is 789. The zero-order chi connectivity index (χ0) is 14.1. The fourth-order valence-corrected chi connectivity index (χ4v) is 2.77. The molecule has 1 N–H and O–H groups in total. The van der Waals surface area contributed by atoms with Crippen molar-refractivity contribution in [2.75, 3.05) is 5.32 Å². The lowest BCUT2D eigenvalue weighted by atomic mass is 10.2. The number of rotatable bonds is 2. The van der Waals surface area contributed by atoms with E-state index in [1.807, 2.05) is 43.5 Å². The van der Waals surface area contributed by atoms with Gasteiger partial charge in [-0.25, -0.2) is 4.98 Å². The van der Waals surface area contributed by atoms with Crippen molar-refractivity contribution in [2.45, 2.75) is 6.92 Å². The Morgan fingerprint density at radius 3 is 2.85 bits per heavy atom. The molecule has 0 bridgehead atoms. The number of pyridine rings is 2. The molecular weight excluding hydrogens is 338 g/mol. The van der Waals surface area contributed by atoms with Crippen molar-refractivity contribution in [1.82, 2.24) is 9.97 Å². The molecule has 3 nitrogen and oxygen atoms in total. The van der Waals surface area contributed by atoms with Gasteiger partial charge in [0.2, 0.25) is 0 Å². The number of anilines is 2. The van der Waals surface area contributed by atoms with Gasteiger partial charge in [-0.2, -0.15) is 0 Å². The van der Waals surface area contributed by atoms with Gasteiger partial charge in [0.1, 0.15) is 5.82 Å². The van der Waals surface area contributed by atoms with Crippen molar-refractivity contribution >= 4 is 49.9 Å². The van der Waals surface area contributed by atoms with Gasteiger partial charge in [-0.05, 0) is 58.7 Å². The highest BCUT2D eigenvalue weighted by Gasteiger charge is 2.08. The van der Waals surface area contributed by atoms with Crippen molar-refractivity contribution in [1.29, 1.82) is 0 Å². The highest BCUT2D eigenvalue weighted by atomic mass is 79.9. The molecule has 0 unspecified atom stereocenters. The number of nitrogens with zero attached hydrogens (tertiary/aromatic N) is 2. The fourth-order valence-electron chi connectivity index (χ4n) is 1.99. The summed E-state index contributed by atoms with van der Waals surface area (Å²) in [6.07, 6.45) is 3.57. The minimum atomic E-state index is 0.689. The van der Waals surface area contributed by atoms with Crippen LogP contribution in [-0.2, 0) is 0 Å². The predicted octanol–water partition coefficient (Wildman–Crippen LogP) is 5.10. The van der Waals surface area contributed by atoms with Crippen molar-refractivity contribution in [2.24, 2.45) is 0 Å². The third kappa shape index (κ3) is 2.49. The molecule has 0 aliphatic rings. The van der Waals surface area contributed by atoms with Gasteiger partial charge < -0.3 is 5.32 Å². The molecule has 0 spiro atoms. The summed E-state index contributed by atoms with van der Waals surface area (Å²) in [5.74, 6) is 0.755. The summed E-state index contributed by atoms with van der Waals surface area (Å²) in [6, 6.07) is 9.61. The van der Waals surface area contributed by atoms with Gasteiger partial charge in [-0.3, -0.25) is 4.98 Å². The Morgan fingerprint density at radius 1 is 1.20 bits per heavy atom. The average Bonchev–Trinajstić information content (AvgIpc) is 2.45. The smallest absolute Gasteiger partial charge is 0.144 e. The van der Waals surface area contributed by atoms with Crippen LogP contribution in [0.1, 0.15) is 5.56 Å². The van der Waals surface area contributed by atoms with Gasteiger partial charge in [-0.15, -0.1) is 0 Å². The standard InChI is InChI=1S/C15H11BrClN3/c1-9-7-11(16)15(19-8-9)20-13-5-4-12(17)10-3-2-6-18-14(10)13/h2-8H,1H3,(H,19,20). The third-order valence-electron chi connectivity index (χ3n) is 2.95. The highest BCUT2D eigenvalue weighted by Crippen LogP contribution is 2.31. The van der Waals surface area contributed by atoms with Crippen molar-refractivity contribution in [3.8, 4) is 0 Å². The van der Waals surface area contributed by atoms with E-state index in [2.05, 4.69) is 31.2 Å². The zero-order valence-corrected chi connectivity index (χ0v) is 13.0. The molecular formula is C15H11BrClN3. The van der Waals surface area contributed by atoms with E-state index in [1.54, 1.807) is 6.20 Å². The number of nitrogens with one attached hydrogen (secondary N) is 1. The van der Waals surface area contributed by atoms with Crippen LogP contribution in [0.5, 0.6) is 0 Å². The summed E-state index contributed by atoms with van der Waals surface area (Å²) in [6.45, 7) is 2.00. The molecule has 0 aliphatic heterocycles. The van der Waals surface area contributed by atoms with E-state index in [0.717, 1.165) is 32.4 Å². The molecule has 0 saturated heterocycles. The summed E-state index contributed by atoms with van der Waals surface area (Å²) in [7, 11) is 0. The third-order valence-corrected chi connectivity index (χ3v) is 3.88. The van der Waals surface area contributed by atoms with Crippen LogP contribution in [-0.4, -0.2) is 9.97 Å². The van der Waals surface area contributed by atoms with Crippen LogP contribution < -0.4 is 5.32 Å². The number of hydrogen-bond acceptors (Lipinski definition) is 3. The molecule has 2 heterocycles. The summed E-state index contributed by atoms with van der Waals surface area (Å²) >= 11 is 9.70. The lowest BCUT2D eigenvalue weighted by Crippen LogP contribution is -1.97. The molecule has 0 atom stereocenters. The largest absolute Gasteiger partial charge is 0.338 e. The first-order valence-electron chi connectivity index (χ1n) is 6.07. The van der Waals surface area contributed by atoms with E-state index in [-0.39, 0.29) is 0 Å². The molecule has 0 saturated carbocycles. The second-order valence-electron chi connectivity index (χ2n) is 4.46. The summed E-state index contributed by atoms with van der Waals surface area (Å²) in [4.78, 5) is 8.78. The van der Waals surface area contributed by atoms with Crippen LogP contribution in [0.15, 0.2) is 47.2 Å². The average molecular weight is 349 g/mol. The Kier molecular flexibility index (Phi) is 3.59. The van der Waals surface area contributed by atoms with E-state index in [9.17, 15) is 0 Å². The molecule has 3 aromatic rings. The van der Waals surface area contributed by atoms with Gasteiger partial charge in [0.25, 0.3) is 0 Å². The highest BCUT2D eigenvalue weighted by molar-refractivity contribution is 9.10. The maximum atomic E-state index is 6.19. The molecule has 0 fully saturated rings. The van der Waals surface area contributed by atoms with E-state index in [1.165, 1.54) is 0 Å². The number of fused-ring (bicyclic) bond motifs is 1. The normalized spacial score (nSPS) is 10.8. The van der Waals surface area contributed by atoms with Crippen LogP contribution in [0, 0.1) is 6.92 Å².